The molecule has 1 aliphatic heterocycles. The Hall–Kier alpha value is -2.19. The minimum atomic E-state index is -0.565. The third-order valence-electron chi connectivity index (χ3n) is 4.71. The summed E-state index contributed by atoms with van der Waals surface area (Å²) < 4.78 is 22.2. The first-order chi connectivity index (χ1) is 13.9. The lowest BCUT2D eigenvalue weighted by Crippen LogP contribution is -2.39. The molecule has 1 aromatic heterocycles. The number of hydrogen-bond acceptors (Lipinski definition) is 8. The van der Waals surface area contributed by atoms with E-state index in [1.54, 1.807) is 37.3 Å². The fourth-order valence-corrected chi connectivity index (χ4v) is 6.14. The van der Waals surface area contributed by atoms with Crippen molar-refractivity contribution < 1.29 is 28.5 Å². The van der Waals surface area contributed by atoms with Crippen LogP contribution in [0.4, 0.5) is 0 Å². The second-order valence-corrected chi connectivity index (χ2v) is 8.81. The van der Waals surface area contributed by atoms with Gasteiger partial charge in [0.15, 0.2) is 6.10 Å². The van der Waals surface area contributed by atoms with Crippen LogP contribution in [0.3, 0.4) is 0 Å². The summed E-state index contributed by atoms with van der Waals surface area (Å²) in [6.07, 6.45) is -1.06. The monoisotopic (exact) mass is 436 g/mol. The van der Waals surface area contributed by atoms with Crippen molar-refractivity contribution in [2.45, 2.75) is 37.2 Å². The van der Waals surface area contributed by atoms with Crippen molar-refractivity contribution in [2.24, 2.45) is 0 Å². The molecule has 0 N–H and O–H groups in total. The molecule has 29 heavy (non-hydrogen) atoms. The van der Waals surface area contributed by atoms with Gasteiger partial charge in [0.05, 0.1) is 19.5 Å². The Morgan fingerprint density at radius 1 is 1.07 bits per heavy atom. The number of thioether (sulfide) groups is 1. The predicted molar refractivity (Wildman–Crippen MR) is 113 cm³/mol. The van der Waals surface area contributed by atoms with E-state index in [2.05, 4.69) is 6.07 Å². The van der Waals surface area contributed by atoms with Crippen LogP contribution in [0.25, 0.3) is 0 Å². The first kappa shape index (κ1) is 21.5. The van der Waals surface area contributed by atoms with Gasteiger partial charge in [0.2, 0.25) is 0 Å². The summed E-state index contributed by atoms with van der Waals surface area (Å²) in [7, 11) is 3.25. The molecule has 6 nitrogen and oxygen atoms in total. The first-order valence-corrected chi connectivity index (χ1v) is 11.1. The average Bonchev–Trinajstić information content (AvgIpc) is 3.33. The van der Waals surface area contributed by atoms with Gasteiger partial charge in [0, 0.05) is 36.0 Å². The number of benzene rings is 1. The SMILES string of the molecule is COc1ccc(OC)c(C(c2cccs2)[C@H]2SC[C@@H](OC(C)=O)[C@@H]2OC(C)=O)c1. The fourth-order valence-electron chi connectivity index (χ4n) is 3.58. The zero-order valence-corrected chi connectivity index (χ0v) is 18.4. The average molecular weight is 437 g/mol. The zero-order chi connectivity index (χ0) is 21.0. The van der Waals surface area contributed by atoms with Crippen LogP contribution in [0.5, 0.6) is 11.5 Å². The molecule has 1 saturated heterocycles. The molecule has 1 aliphatic rings. The van der Waals surface area contributed by atoms with E-state index in [-0.39, 0.29) is 17.1 Å². The quantitative estimate of drug-likeness (QED) is 0.610. The second kappa shape index (κ2) is 9.54. The van der Waals surface area contributed by atoms with Crippen molar-refractivity contribution in [3.05, 3.63) is 46.2 Å². The Labute approximate surface area is 178 Å². The van der Waals surface area contributed by atoms with Crippen molar-refractivity contribution in [2.75, 3.05) is 20.0 Å². The van der Waals surface area contributed by atoms with Crippen molar-refractivity contribution >= 4 is 35.0 Å². The normalized spacial score (nSPS) is 22.0. The van der Waals surface area contributed by atoms with Gasteiger partial charge in [-0.25, -0.2) is 0 Å². The number of esters is 2. The van der Waals surface area contributed by atoms with Gasteiger partial charge in [-0.3, -0.25) is 9.59 Å². The molecule has 0 amide bonds. The van der Waals surface area contributed by atoms with Crippen molar-refractivity contribution in [3.63, 3.8) is 0 Å². The van der Waals surface area contributed by atoms with Crippen LogP contribution >= 0.6 is 23.1 Å². The van der Waals surface area contributed by atoms with E-state index in [9.17, 15) is 9.59 Å². The molecule has 1 aromatic carbocycles. The lowest BCUT2D eigenvalue weighted by atomic mass is 9.88. The third-order valence-corrected chi connectivity index (χ3v) is 7.11. The highest BCUT2D eigenvalue weighted by atomic mass is 32.2. The smallest absolute Gasteiger partial charge is 0.303 e. The molecule has 4 atom stereocenters. The molecule has 0 saturated carbocycles. The number of rotatable bonds is 7. The van der Waals surface area contributed by atoms with E-state index < -0.39 is 18.2 Å². The number of carbonyl (C=O) groups excluding carboxylic acids is 2. The van der Waals surface area contributed by atoms with Crippen LogP contribution in [-0.4, -0.2) is 49.4 Å². The van der Waals surface area contributed by atoms with Crippen LogP contribution < -0.4 is 9.47 Å². The highest BCUT2D eigenvalue weighted by Gasteiger charge is 2.47. The van der Waals surface area contributed by atoms with Crippen LogP contribution in [0.1, 0.15) is 30.2 Å². The van der Waals surface area contributed by atoms with Gasteiger partial charge < -0.3 is 18.9 Å². The molecule has 8 heteroatoms. The maximum Gasteiger partial charge on any atom is 0.303 e. The first-order valence-electron chi connectivity index (χ1n) is 9.16. The predicted octanol–water partition coefficient (Wildman–Crippen LogP) is 3.88. The molecule has 0 bridgehead atoms. The van der Waals surface area contributed by atoms with Gasteiger partial charge in [0.25, 0.3) is 0 Å². The molecule has 0 spiro atoms. The summed E-state index contributed by atoms with van der Waals surface area (Å²) in [5, 5.41) is 1.86. The summed E-state index contributed by atoms with van der Waals surface area (Å²) in [5.41, 5.74) is 0.937. The molecule has 2 aromatic rings. The van der Waals surface area contributed by atoms with E-state index in [0.717, 1.165) is 16.2 Å². The Morgan fingerprint density at radius 3 is 2.41 bits per heavy atom. The zero-order valence-electron chi connectivity index (χ0n) is 16.7. The van der Waals surface area contributed by atoms with Gasteiger partial charge in [-0.15, -0.1) is 23.1 Å². The van der Waals surface area contributed by atoms with Crippen LogP contribution in [0.15, 0.2) is 35.7 Å². The molecule has 2 heterocycles. The minimum absolute atomic E-state index is 0.130. The van der Waals surface area contributed by atoms with E-state index in [1.165, 1.54) is 13.8 Å². The highest BCUT2D eigenvalue weighted by Crippen LogP contribution is 2.48. The molecule has 0 aliphatic carbocycles. The van der Waals surface area contributed by atoms with E-state index in [0.29, 0.717) is 11.5 Å². The summed E-state index contributed by atoms with van der Waals surface area (Å²) in [4.78, 5) is 24.5. The maximum absolute atomic E-state index is 11.8. The Kier molecular flexibility index (Phi) is 7.08. The van der Waals surface area contributed by atoms with Gasteiger partial charge in [0.1, 0.15) is 17.6 Å². The molecule has 156 valence electrons. The lowest BCUT2D eigenvalue weighted by Gasteiger charge is -2.30. The number of thiophene rings is 1. The van der Waals surface area contributed by atoms with Crippen molar-refractivity contribution in [1.29, 1.82) is 0 Å². The van der Waals surface area contributed by atoms with Crippen LogP contribution in [0, 0.1) is 0 Å². The molecular weight excluding hydrogens is 412 g/mol. The topological polar surface area (TPSA) is 71.1 Å². The molecule has 1 unspecified atom stereocenters. The lowest BCUT2D eigenvalue weighted by molar-refractivity contribution is -0.162. The molecule has 3 rings (SSSR count). The maximum atomic E-state index is 11.8. The molecule has 0 radical (unpaired) electrons. The number of hydrogen-bond donors (Lipinski definition) is 0. The Morgan fingerprint density at radius 2 is 1.83 bits per heavy atom. The Balaban J connectivity index is 2.08. The third kappa shape index (κ3) is 4.87. The van der Waals surface area contributed by atoms with Gasteiger partial charge in [-0.2, -0.15) is 0 Å². The van der Waals surface area contributed by atoms with Crippen molar-refractivity contribution in [1.82, 2.24) is 0 Å². The molecule has 1 fully saturated rings. The van der Waals surface area contributed by atoms with Gasteiger partial charge >= 0.3 is 11.9 Å². The fraction of sp³-hybridized carbons (Fsp3) is 0.429. The number of methoxy groups -OCH3 is 2. The van der Waals surface area contributed by atoms with Crippen molar-refractivity contribution in [3.8, 4) is 11.5 Å². The number of carbonyl (C=O) groups is 2. The van der Waals surface area contributed by atoms with Gasteiger partial charge in [-0.05, 0) is 29.6 Å². The Bertz CT molecular complexity index is 851. The molecular formula is C21H24O6S2. The summed E-state index contributed by atoms with van der Waals surface area (Å²) >= 11 is 3.26. The second-order valence-electron chi connectivity index (χ2n) is 6.62. The standard InChI is InChI=1S/C21H24O6S2/c1-12(22)26-17-11-29-21(20(17)27-13(2)23)19(18-6-5-9-28-18)15-10-14(24-3)7-8-16(15)25-4/h5-10,17,19-21H,11H2,1-4H3/t17-,19?,20+,21-/m1/s1. The van der Waals surface area contributed by atoms with E-state index >= 15 is 0 Å². The van der Waals surface area contributed by atoms with Crippen LogP contribution in [0.2, 0.25) is 0 Å². The summed E-state index contributed by atoms with van der Waals surface area (Å²) in [6, 6.07) is 9.72. The van der Waals surface area contributed by atoms with Gasteiger partial charge in [-0.1, -0.05) is 6.07 Å². The largest absolute Gasteiger partial charge is 0.497 e. The minimum Gasteiger partial charge on any atom is -0.497 e. The highest BCUT2D eigenvalue weighted by molar-refractivity contribution is 8.00. The number of ether oxygens (including phenoxy) is 4. The van der Waals surface area contributed by atoms with E-state index in [1.807, 2.05) is 29.6 Å². The van der Waals surface area contributed by atoms with Crippen LogP contribution in [-0.2, 0) is 19.1 Å². The summed E-state index contributed by atoms with van der Waals surface area (Å²) in [5.74, 6) is 1.07. The summed E-state index contributed by atoms with van der Waals surface area (Å²) in [6.45, 7) is 2.74. The van der Waals surface area contributed by atoms with E-state index in [4.69, 9.17) is 18.9 Å².